The summed E-state index contributed by atoms with van der Waals surface area (Å²) in [5, 5.41) is 4.83. The standard InChI is InChI=1S/C14H13ClN2O2S/c1-8(18)11-12(9-4-6-10(15)7-5-9)16-17(2)14(19)13(11)20-3/h4-7H,1-3H3. The highest BCUT2D eigenvalue weighted by atomic mass is 35.5. The van der Waals surface area contributed by atoms with Gasteiger partial charge in [0, 0.05) is 17.6 Å². The Hall–Kier alpha value is -1.59. The van der Waals surface area contributed by atoms with Crippen LogP contribution in [-0.2, 0) is 7.05 Å². The summed E-state index contributed by atoms with van der Waals surface area (Å²) in [4.78, 5) is 24.4. The summed E-state index contributed by atoms with van der Waals surface area (Å²) in [5.41, 5.74) is 1.36. The average Bonchev–Trinajstić information content (AvgIpc) is 2.41. The number of halogens is 1. The third-order valence-electron chi connectivity index (χ3n) is 2.88. The first kappa shape index (κ1) is 14.8. The Morgan fingerprint density at radius 1 is 1.30 bits per heavy atom. The summed E-state index contributed by atoms with van der Waals surface area (Å²) in [6.07, 6.45) is 1.77. The van der Waals surface area contributed by atoms with Crippen LogP contribution in [0.1, 0.15) is 17.3 Å². The first-order valence-corrected chi connectivity index (χ1v) is 7.48. The number of benzene rings is 1. The lowest BCUT2D eigenvalue weighted by Gasteiger charge is -2.12. The van der Waals surface area contributed by atoms with Crippen LogP contribution < -0.4 is 5.56 Å². The van der Waals surface area contributed by atoms with Gasteiger partial charge in [-0.15, -0.1) is 11.8 Å². The maximum absolute atomic E-state index is 12.1. The molecule has 104 valence electrons. The summed E-state index contributed by atoms with van der Waals surface area (Å²) in [5.74, 6) is -0.176. The molecule has 4 nitrogen and oxygen atoms in total. The van der Waals surface area contributed by atoms with Gasteiger partial charge in [-0.2, -0.15) is 5.10 Å². The van der Waals surface area contributed by atoms with Crippen LogP contribution in [0.25, 0.3) is 11.3 Å². The number of carbonyl (C=O) groups is 1. The van der Waals surface area contributed by atoms with Crippen LogP contribution in [0.4, 0.5) is 0 Å². The van der Waals surface area contributed by atoms with E-state index in [0.717, 1.165) is 5.56 Å². The number of aryl methyl sites for hydroxylation is 1. The number of hydrogen-bond donors (Lipinski definition) is 0. The SMILES string of the molecule is CSc1c(C(C)=O)c(-c2ccc(Cl)cc2)nn(C)c1=O. The molecular formula is C14H13ClN2O2S. The molecule has 0 aliphatic carbocycles. The molecule has 20 heavy (non-hydrogen) atoms. The van der Waals surface area contributed by atoms with Crippen molar-refractivity contribution in [3.8, 4) is 11.3 Å². The van der Waals surface area contributed by atoms with E-state index in [-0.39, 0.29) is 11.3 Å². The molecule has 0 aliphatic heterocycles. The molecule has 0 bridgehead atoms. The fraction of sp³-hybridized carbons (Fsp3) is 0.214. The molecule has 2 rings (SSSR count). The van der Waals surface area contributed by atoms with Crippen LogP contribution in [0.3, 0.4) is 0 Å². The van der Waals surface area contributed by atoms with E-state index < -0.39 is 0 Å². The van der Waals surface area contributed by atoms with Crippen molar-refractivity contribution in [1.82, 2.24) is 9.78 Å². The first-order chi connectivity index (χ1) is 9.45. The number of hydrogen-bond acceptors (Lipinski definition) is 4. The maximum Gasteiger partial charge on any atom is 0.280 e. The Bertz CT molecular complexity index is 723. The average molecular weight is 309 g/mol. The molecular weight excluding hydrogens is 296 g/mol. The van der Waals surface area contributed by atoms with Gasteiger partial charge in [0.15, 0.2) is 5.78 Å². The Morgan fingerprint density at radius 2 is 1.90 bits per heavy atom. The van der Waals surface area contributed by atoms with Gasteiger partial charge in [-0.05, 0) is 25.3 Å². The summed E-state index contributed by atoms with van der Waals surface area (Å²) in [7, 11) is 1.57. The van der Waals surface area contributed by atoms with Crippen molar-refractivity contribution in [2.24, 2.45) is 7.05 Å². The quantitative estimate of drug-likeness (QED) is 0.646. The highest BCUT2D eigenvalue weighted by Crippen LogP contribution is 2.27. The molecule has 0 aliphatic rings. The van der Waals surface area contributed by atoms with Gasteiger partial charge in [0.2, 0.25) is 0 Å². The second-order valence-electron chi connectivity index (χ2n) is 4.25. The summed E-state index contributed by atoms with van der Waals surface area (Å²) in [6.45, 7) is 1.44. The minimum atomic E-state index is -0.264. The van der Waals surface area contributed by atoms with Gasteiger partial charge >= 0.3 is 0 Å². The summed E-state index contributed by atoms with van der Waals surface area (Å²) in [6, 6.07) is 7.02. The maximum atomic E-state index is 12.1. The Balaban J connectivity index is 2.81. The van der Waals surface area contributed by atoms with E-state index in [4.69, 9.17) is 11.6 Å². The molecule has 0 radical (unpaired) electrons. The van der Waals surface area contributed by atoms with Crippen molar-refractivity contribution < 1.29 is 4.79 Å². The Morgan fingerprint density at radius 3 is 2.40 bits per heavy atom. The minimum absolute atomic E-state index is 0.176. The third-order valence-corrected chi connectivity index (χ3v) is 3.91. The van der Waals surface area contributed by atoms with Gasteiger partial charge < -0.3 is 0 Å². The van der Waals surface area contributed by atoms with Crippen molar-refractivity contribution in [2.75, 3.05) is 6.26 Å². The predicted octanol–water partition coefficient (Wildman–Crippen LogP) is 3.03. The fourth-order valence-corrected chi connectivity index (χ4v) is 2.81. The normalized spacial score (nSPS) is 10.6. The van der Waals surface area contributed by atoms with Crippen molar-refractivity contribution in [1.29, 1.82) is 0 Å². The topological polar surface area (TPSA) is 52.0 Å². The second kappa shape index (κ2) is 5.81. The van der Waals surface area contributed by atoms with Crippen LogP contribution in [0, 0.1) is 0 Å². The van der Waals surface area contributed by atoms with Crippen molar-refractivity contribution >= 4 is 29.1 Å². The number of aromatic nitrogens is 2. The molecule has 2 aromatic rings. The molecule has 0 saturated carbocycles. The number of thioether (sulfide) groups is 1. The smallest absolute Gasteiger partial charge is 0.280 e. The van der Waals surface area contributed by atoms with E-state index in [1.165, 1.54) is 23.4 Å². The molecule has 0 fully saturated rings. The Labute approximate surface area is 125 Å². The van der Waals surface area contributed by atoms with Gasteiger partial charge in [0.1, 0.15) is 5.69 Å². The van der Waals surface area contributed by atoms with E-state index >= 15 is 0 Å². The van der Waals surface area contributed by atoms with Crippen LogP contribution >= 0.6 is 23.4 Å². The highest BCUT2D eigenvalue weighted by molar-refractivity contribution is 7.98. The monoisotopic (exact) mass is 308 g/mol. The van der Waals surface area contributed by atoms with Gasteiger partial charge in [0.25, 0.3) is 5.56 Å². The minimum Gasteiger partial charge on any atom is -0.294 e. The van der Waals surface area contributed by atoms with Crippen molar-refractivity contribution in [3.63, 3.8) is 0 Å². The lowest BCUT2D eigenvalue weighted by Crippen LogP contribution is -2.25. The second-order valence-corrected chi connectivity index (χ2v) is 5.50. The molecule has 0 saturated heterocycles. The fourth-order valence-electron chi connectivity index (χ4n) is 1.93. The molecule has 1 aromatic carbocycles. The molecule has 0 atom stereocenters. The van der Waals surface area contributed by atoms with E-state index in [1.54, 1.807) is 37.6 Å². The largest absolute Gasteiger partial charge is 0.294 e. The number of nitrogens with zero attached hydrogens (tertiary/aromatic N) is 2. The van der Waals surface area contributed by atoms with Crippen molar-refractivity contribution in [3.05, 3.63) is 45.2 Å². The van der Waals surface area contributed by atoms with E-state index in [0.29, 0.717) is 21.2 Å². The molecule has 0 unspecified atom stereocenters. The van der Waals surface area contributed by atoms with Crippen LogP contribution in [0.2, 0.25) is 5.02 Å². The van der Waals surface area contributed by atoms with E-state index in [9.17, 15) is 9.59 Å². The van der Waals surface area contributed by atoms with E-state index in [1.807, 2.05) is 0 Å². The number of Topliss-reactive ketones (excluding diaryl/α,β-unsaturated/α-hetero) is 1. The highest BCUT2D eigenvalue weighted by Gasteiger charge is 2.20. The molecule has 6 heteroatoms. The summed E-state index contributed by atoms with van der Waals surface area (Å²) >= 11 is 7.13. The first-order valence-electron chi connectivity index (χ1n) is 5.88. The lowest BCUT2D eigenvalue weighted by molar-refractivity contribution is 0.101. The van der Waals surface area contributed by atoms with Crippen LogP contribution in [0.15, 0.2) is 34.0 Å². The number of carbonyl (C=O) groups excluding carboxylic acids is 1. The Kier molecular flexibility index (Phi) is 4.30. The molecule has 0 N–H and O–H groups in total. The van der Waals surface area contributed by atoms with Crippen LogP contribution in [0.5, 0.6) is 0 Å². The zero-order valence-electron chi connectivity index (χ0n) is 11.3. The summed E-state index contributed by atoms with van der Waals surface area (Å²) < 4.78 is 1.25. The zero-order valence-corrected chi connectivity index (χ0v) is 12.9. The molecule has 0 amide bonds. The molecule has 1 heterocycles. The lowest BCUT2D eigenvalue weighted by atomic mass is 10.0. The number of rotatable bonds is 3. The van der Waals surface area contributed by atoms with Gasteiger partial charge in [-0.3, -0.25) is 9.59 Å². The van der Waals surface area contributed by atoms with Gasteiger partial charge in [-0.25, -0.2) is 4.68 Å². The van der Waals surface area contributed by atoms with Gasteiger partial charge in [0.05, 0.1) is 10.5 Å². The van der Waals surface area contributed by atoms with E-state index in [2.05, 4.69) is 5.10 Å². The third kappa shape index (κ3) is 2.64. The predicted molar refractivity (Wildman–Crippen MR) is 81.7 cm³/mol. The van der Waals surface area contributed by atoms with Gasteiger partial charge in [-0.1, -0.05) is 23.7 Å². The van der Waals surface area contributed by atoms with Crippen LogP contribution in [-0.4, -0.2) is 21.8 Å². The van der Waals surface area contributed by atoms with Crippen molar-refractivity contribution in [2.45, 2.75) is 11.8 Å². The zero-order chi connectivity index (χ0) is 14.9. The number of ketones is 1. The molecule has 1 aromatic heterocycles. The molecule has 0 spiro atoms.